The standard InChI is InChI=1S/C30H27N3O5S/c1-4-37-30(36)21-11-13-22(14-12-21)33-28(35)26-19(3)32-29(23(16-31)27(26)25-6-5-15-38-25)39-17-24(34)20-9-7-18(2)8-10-20/h5-15,27,32H,4,17H2,1-3H3,(H,33,35). The molecule has 2 aromatic carbocycles. The van der Waals surface area contributed by atoms with Gasteiger partial charge in [-0.1, -0.05) is 41.6 Å². The molecule has 1 aromatic heterocycles. The quantitative estimate of drug-likeness (QED) is 0.261. The number of ketones is 1. The van der Waals surface area contributed by atoms with Crippen LogP contribution in [0.4, 0.5) is 5.69 Å². The van der Waals surface area contributed by atoms with Crippen molar-refractivity contribution in [3.05, 3.63) is 111 Å². The summed E-state index contributed by atoms with van der Waals surface area (Å²) < 4.78 is 10.6. The number of nitriles is 1. The fourth-order valence-electron chi connectivity index (χ4n) is 4.13. The van der Waals surface area contributed by atoms with Crippen LogP contribution in [0.25, 0.3) is 0 Å². The van der Waals surface area contributed by atoms with Crippen molar-refractivity contribution in [2.45, 2.75) is 26.7 Å². The summed E-state index contributed by atoms with van der Waals surface area (Å²) in [6.07, 6.45) is 1.49. The molecule has 4 rings (SSSR count). The van der Waals surface area contributed by atoms with Gasteiger partial charge in [-0.15, -0.1) is 0 Å². The van der Waals surface area contributed by atoms with Crippen molar-refractivity contribution < 1.29 is 23.5 Å². The molecule has 0 saturated heterocycles. The van der Waals surface area contributed by atoms with Crippen LogP contribution in [0.1, 0.15) is 51.8 Å². The Morgan fingerprint density at radius 1 is 1.05 bits per heavy atom. The van der Waals surface area contributed by atoms with Crippen molar-refractivity contribution in [2.75, 3.05) is 17.7 Å². The zero-order chi connectivity index (χ0) is 27.9. The third kappa shape index (κ3) is 6.30. The highest BCUT2D eigenvalue weighted by Crippen LogP contribution is 2.41. The lowest BCUT2D eigenvalue weighted by Crippen LogP contribution is -2.30. The van der Waals surface area contributed by atoms with Gasteiger partial charge in [-0.2, -0.15) is 5.26 Å². The molecule has 0 aliphatic carbocycles. The number of thioether (sulfide) groups is 1. The second kappa shape index (κ2) is 12.3. The molecule has 39 heavy (non-hydrogen) atoms. The highest BCUT2D eigenvalue weighted by atomic mass is 32.2. The molecule has 1 amide bonds. The lowest BCUT2D eigenvalue weighted by molar-refractivity contribution is -0.113. The Hall–Kier alpha value is -4.55. The third-order valence-electron chi connectivity index (χ3n) is 6.09. The van der Waals surface area contributed by atoms with Crippen LogP contribution in [0.5, 0.6) is 0 Å². The Kier molecular flexibility index (Phi) is 8.69. The number of ether oxygens (including phenoxy) is 1. The van der Waals surface area contributed by atoms with E-state index in [1.165, 1.54) is 18.0 Å². The molecular formula is C30H27N3O5S. The SMILES string of the molecule is CCOC(=O)c1ccc(NC(=O)C2=C(C)NC(SCC(=O)c3ccc(C)cc3)=C(C#N)C2c2ccco2)cc1. The summed E-state index contributed by atoms with van der Waals surface area (Å²) in [7, 11) is 0. The Balaban J connectivity index is 1.58. The maximum Gasteiger partial charge on any atom is 0.338 e. The molecule has 1 atom stereocenters. The van der Waals surface area contributed by atoms with Crippen molar-refractivity contribution in [2.24, 2.45) is 0 Å². The first kappa shape index (κ1) is 27.5. The predicted octanol–water partition coefficient (Wildman–Crippen LogP) is 5.72. The Labute approximate surface area is 230 Å². The lowest BCUT2D eigenvalue weighted by atomic mass is 9.85. The minimum absolute atomic E-state index is 0.0717. The third-order valence-corrected chi connectivity index (χ3v) is 7.11. The topological polar surface area (TPSA) is 121 Å². The second-order valence-electron chi connectivity index (χ2n) is 8.80. The molecule has 2 N–H and O–H groups in total. The number of carbonyl (C=O) groups is 3. The van der Waals surface area contributed by atoms with Crippen LogP contribution in [-0.4, -0.2) is 30.0 Å². The fraction of sp³-hybridized carbons (Fsp3) is 0.200. The number of anilines is 1. The number of nitrogens with one attached hydrogen (secondary N) is 2. The number of esters is 1. The van der Waals surface area contributed by atoms with E-state index in [2.05, 4.69) is 16.7 Å². The second-order valence-corrected chi connectivity index (χ2v) is 9.78. The molecule has 0 spiro atoms. The largest absolute Gasteiger partial charge is 0.468 e. The minimum atomic E-state index is -0.776. The van der Waals surface area contributed by atoms with Crippen molar-refractivity contribution in [3.8, 4) is 6.07 Å². The van der Waals surface area contributed by atoms with E-state index in [0.717, 1.165) is 5.56 Å². The van der Waals surface area contributed by atoms with Crippen LogP contribution in [0.2, 0.25) is 0 Å². The molecule has 0 fully saturated rings. The molecule has 2 heterocycles. The van der Waals surface area contributed by atoms with Gasteiger partial charge in [-0.25, -0.2) is 4.79 Å². The molecule has 8 nitrogen and oxygen atoms in total. The number of rotatable bonds is 9. The van der Waals surface area contributed by atoms with Crippen LogP contribution >= 0.6 is 11.8 Å². The number of allylic oxidation sites excluding steroid dienone is 2. The van der Waals surface area contributed by atoms with Crippen LogP contribution < -0.4 is 10.6 Å². The van der Waals surface area contributed by atoms with E-state index in [0.29, 0.717) is 38.9 Å². The first-order valence-corrected chi connectivity index (χ1v) is 13.3. The van der Waals surface area contributed by atoms with Gasteiger partial charge in [0.2, 0.25) is 0 Å². The summed E-state index contributed by atoms with van der Waals surface area (Å²) in [5.74, 6) is -1.18. The normalized spacial score (nSPS) is 14.9. The summed E-state index contributed by atoms with van der Waals surface area (Å²) in [5.41, 5.74) is 3.61. The molecule has 198 valence electrons. The predicted molar refractivity (Wildman–Crippen MR) is 149 cm³/mol. The smallest absolute Gasteiger partial charge is 0.338 e. The molecular weight excluding hydrogens is 514 g/mol. The number of dihydropyridines is 1. The Bertz CT molecular complexity index is 1480. The maximum absolute atomic E-state index is 13.5. The minimum Gasteiger partial charge on any atom is -0.468 e. The molecule has 9 heteroatoms. The van der Waals surface area contributed by atoms with E-state index >= 15 is 0 Å². The number of nitrogens with zero attached hydrogens (tertiary/aromatic N) is 1. The van der Waals surface area contributed by atoms with Crippen LogP contribution in [0.15, 0.2) is 93.2 Å². The van der Waals surface area contributed by atoms with Gasteiger partial charge in [0.1, 0.15) is 5.76 Å². The van der Waals surface area contributed by atoms with Crippen LogP contribution in [-0.2, 0) is 9.53 Å². The monoisotopic (exact) mass is 541 g/mol. The summed E-state index contributed by atoms with van der Waals surface area (Å²) in [4.78, 5) is 38.2. The number of hydrogen-bond acceptors (Lipinski definition) is 8. The zero-order valence-corrected chi connectivity index (χ0v) is 22.6. The van der Waals surface area contributed by atoms with E-state index in [9.17, 15) is 19.6 Å². The number of hydrogen-bond donors (Lipinski definition) is 2. The number of carbonyl (C=O) groups excluding carboxylic acids is 3. The van der Waals surface area contributed by atoms with Gasteiger partial charge in [-0.3, -0.25) is 9.59 Å². The Morgan fingerprint density at radius 2 is 1.74 bits per heavy atom. The maximum atomic E-state index is 13.5. The average Bonchev–Trinajstić information content (AvgIpc) is 3.47. The van der Waals surface area contributed by atoms with Gasteiger partial charge in [0.15, 0.2) is 5.78 Å². The summed E-state index contributed by atoms with van der Waals surface area (Å²) in [6, 6.07) is 19.3. The van der Waals surface area contributed by atoms with E-state index < -0.39 is 17.8 Å². The van der Waals surface area contributed by atoms with E-state index in [-0.39, 0.29) is 23.7 Å². The summed E-state index contributed by atoms with van der Waals surface area (Å²) in [5, 5.41) is 16.7. The summed E-state index contributed by atoms with van der Waals surface area (Å²) >= 11 is 1.21. The average molecular weight is 542 g/mol. The lowest BCUT2D eigenvalue weighted by Gasteiger charge is -2.28. The van der Waals surface area contributed by atoms with Crippen molar-refractivity contribution in [3.63, 3.8) is 0 Å². The molecule has 0 bridgehead atoms. The van der Waals surface area contributed by atoms with E-state index in [1.54, 1.807) is 62.4 Å². The van der Waals surface area contributed by atoms with Gasteiger partial charge in [0.05, 0.1) is 52.3 Å². The fourth-order valence-corrected chi connectivity index (χ4v) is 5.12. The molecule has 3 aromatic rings. The van der Waals surface area contributed by atoms with Crippen LogP contribution in [0, 0.1) is 18.3 Å². The van der Waals surface area contributed by atoms with Gasteiger partial charge in [-0.05, 0) is 57.2 Å². The zero-order valence-electron chi connectivity index (χ0n) is 21.7. The molecule has 1 aliphatic heterocycles. The van der Waals surface area contributed by atoms with Gasteiger partial charge >= 0.3 is 5.97 Å². The summed E-state index contributed by atoms with van der Waals surface area (Å²) in [6.45, 7) is 5.69. The van der Waals surface area contributed by atoms with E-state index in [4.69, 9.17) is 9.15 Å². The molecule has 1 aliphatic rings. The highest BCUT2D eigenvalue weighted by molar-refractivity contribution is 8.03. The van der Waals surface area contributed by atoms with Gasteiger partial charge in [0.25, 0.3) is 5.91 Å². The molecule has 0 radical (unpaired) electrons. The first-order chi connectivity index (χ1) is 18.8. The van der Waals surface area contributed by atoms with Crippen molar-refractivity contribution >= 4 is 35.1 Å². The van der Waals surface area contributed by atoms with Gasteiger partial charge in [0, 0.05) is 16.9 Å². The van der Waals surface area contributed by atoms with Crippen molar-refractivity contribution in [1.82, 2.24) is 5.32 Å². The van der Waals surface area contributed by atoms with Crippen molar-refractivity contribution in [1.29, 1.82) is 5.26 Å². The number of furan rings is 1. The first-order valence-electron chi connectivity index (χ1n) is 12.3. The van der Waals surface area contributed by atoms with Gasteiger partial charge < -0.3 is 19.8 Å². The number of Topliss-reactive ketones (excluding diaryl/α,β-unsaturated/α-hetero) is 1. The van der Waals surface area contributed by atoms with E-state index in [1.807, 2.05) is 19.1 Å². The van der Waals surface area contributed by atoms with Crippen LogP contribution in [0.3, 0.4) is 0 Å². The Morgan fingerprint density at radius 3 is 2.36 bits per heavy atom. The molecule has 0 saturated carbocycles. The number of amides is 1. The number of benzene rings is 2. The molecule has 1 unspecified atom stereocenters. The highest BCUT2D eigenvalue weighted by Gasteiger charge is 2.36. The number of aryl methyl sites for hydroxylation is 1.